The van der Waals surface area contributed by atoms with E-state index in [1.54, 1.807) is 0 Å². The Morgan fingerprint density at radius 1 is 1.50 bits per heavy atom. The molecule has 0 heterocycles. The normalized spacial score (nSPS) is 21.9. The summed E-state index contributed by atoms with van der Waals surface area (Å²) in [6.07, 6.45) is 3.05. The van der Waals surface area contributed by atoms with Crippen molar-refractivity contribution in [2.75, 3.05) is 6.54 Å². The lowest BCUT2D eigenvalue weighted by Gasteiger charge is -2.30. The summed E-state index contributed by atoms with van der Waals surface area (Å²) in [4.78, 5) is 11.2. The third kappa shape index (κ3) is 2.41. The number of carboxylic acid groups (broad SMARTS) is 1. The Bertz CT molecular complexity index is 456. The molecule has 0 aromatic heterocycles. The minimum Gasteiger partial charge on any atom is -0.481 e. The molecule has 0 amide bonds. The molecule has 98 valence electrons. The molecule has 0 spiro atoms. The van der Waals surface area contributed by atoms with Gasteiger partial charge in [0.25, 0.3) is 0 Å². The Kier molecular flexibility index (Phi) is 3.71. The summed E-state index contributed by atoms with van der Waals surface area (Å²) in [5, 5.41) is 12.7. The molecule has 0 radical (unpaired) electrons. The van der Waals surface area contributed by atoms with Gasteiger partial charge >= 0.3 is 5.97 Å². The van der Waals surface area contributed by atoms with Gasteiger partial charge in [-0.1, -0.05) is 30.7 Å². The highest BCUT2D eigenvalue weighted by Crippen LogP contribution is 2.40. The third-order valence-electron chi connectivity index (χ3n) is 3.77. The lowest BCUT2D eigenvalue weighted by Crippen LogP contribution is -2.42. The van der Waals surface area contributed by atoms with Gasteiger partial charge in [-0.15, -0.1) is 0 Å². The van der Waals surface area contributed by atoms with Crippen LogP contribution in [0.4, 0.5) is 0 Å². The van der Waals surface area contributed by atoms with E-state index in [4.69, 9.17) is 0 Å². The monoisotopic (exact) mass is 247 g/mol. The Morgan fingerprint density at radius 3 is 2.94 bits per heavy atom. The van der Waals surface area contributed by atoms with Gasteiger partial charge in [-0.3, -0.25) is 4.79 Å². The fraction of sp³-hybridized carbons (Fsp3) is 0.533. The van der Waals surface area contributed by atoms with Crippen LogP contribution in [0.5, 0.6) is 0 Å². The van der Waals surface area contributed by atoms with E-state index in [-0.39, 0.29) is 12.0 Å². The highest BCUT2D eigenvalue weighted by molar-refractivity contribution is 5.69. The van der Waals surface area contributed by atoms with Gasteiger partial charge in [0.05, 0.1) is 12.0 Å². The molecule has 3 nitrogen and oxygen atoms in total. The Hall–Kier alpha value is -1.35. The van der Waals surface area contributed by atoms with E-state index in [9.17, 15) is 9.90 Å². The average molecular weight is 247 g/mol. The number of carbonyl (C=O) groups is 1. The van der Waals surface area contributed by atoms with Crippen LogP contribution in [0, 0.1) is 6.92 Å². The fourth-order valence-corrected chi connectivity index (χ4v) is 2.89. The molecule has 1 aliphatic rings. The maximum Gasteiger partial charge on any atom is 0.305 e. The van der Waals surface area contributed by atoms with E-state index >= 15 is 0 Å². The maximum atomic E-state index is 11.2. The van der Waals surface area contributed by atoms with Crippen LogP contribution in [0.15, 0.2) is 18.2 Å². The first-order valence-corrected chi connectivity index (χ1v) is 6.64. The number of rotatable bonds is 5. The number of fused-ring (bicyclic) bond motifs is 1. The van der Waals surface area contributed by atoms with Crippen LogP contribution in [-0.4, -0.2) is 17.6 Å². The molecule has 0 saturated heterocycles. The highest BCUT2D eigenvalue weighted by atomic mass is 16.4. The zero-order chi connectivity index (χ0) is 13.2. The van der Waals surface area contributed by atoms with Gasteiger partial charge in [-0.05, 0) is 43.9 Å². The molecule has 1 unspecified atom stereocenters. The summed E-state index contributed by atoms with van der Waals surface area (Å²) < 4.78 is 0. The molecule has 1 aliphatic carbocycles. The summed E-state index contributed by atoms with van der Waals surface area (Å²) in [6.45, 7) is 5.03. The molecule has 0 fully saturated rings. The maximum absolute atomic E-state index is 11.2. The van der Waals surface area contributed by atoms with Crippen LogP contribution in [0.25, 0.3) is 0 Å². The number of nitrogens with one attached hydrogen (secondary N) is 1. The molecular weight excluding hydrogens is 226 g/mol. The second kappa shape index (κ2) is 5.11. The van der Waals surface area contributed by atoms with E-state index < -0.39 is 5.97 Å². The van der Waals surface area contributed by atoms with Crippen molar-refractivity contribution in [2.24, 2.45) is 0 Å². The Labute approximate surface area is 108 Å². The SMILES string of the molecule is CCCNC1(CC(=O)O)CCc2ccc(C)cc21. The van der Waals surface area contributed by atoms with Crippen molar-refractivity contribution < 1.29 is 9.90 Å². The standard InChI is InChI=1S/C15H21NO2/c1-3-8-16-15(10-14(17)18)7-6-12-5-4-11(2)9-13(12)15/h4-5,9,16H,3,6-8,10H2,1-2H3,(H,17,18). The van der Waals surface area contributed by atoms with E-state index in [1.165, 1.54) is 16.7 Å². The molecule has 1 atom stereocenters. The highest BCUT2D eigenvalue weighted by Gasteiger charge is 2.39. The molecule has 18 heavy (non-hydrogen) atoms. The second-order valence-corrected chi connectivity index (χ2v) is 5.24. The Balaban J connectivity index is 2.37. The lowest BCUT2D eigenvalue weighted by atomic mass is 9.87. The molecule has 2 N–H and O–H groups in total. The molecule has 2 rings (SSSR count). The smallest absolute Gasteiger partial charge is 0.305 e. The fourth-order valence-electron chi connectivity index (χ4n) is 2.89. The van der Waals surface area contributed by atoms with Crippen LogP contribution in [0.3, 0.4) is 0 Å². The van der Waals surface area contributed by atoms with Crippen molar-refractivity contribution in [3.8, 4) is 0 Å². The minimum absolute atomic E-state index is 0.170. The summed E-state index contributed by atoms with van der Waals surface area (Å²) >= 11 is 0. The van der Waals surface area contributed by atoms with Crippen molar-refractivity contribution in [1.29, 1.82) is 0 Å². The van der Waals surface area contributed by atoms with Crippen molar-refractivity contribution in [2.45, 2.75) is 45.1 Å². The van der Waals surface area contributed by atoms with Gasteiger partial charge in [0.1, 0.15) is 0 Å². The quantitative estimate of drug-likeness (QED) is 0.841. The van der Waals surface area contributed by atoms with Crippen LogP contribution in [0.1, 0.15) is 42.9 Å². The predicted octanol–water partition coefficient (Wildman–Crippen LogP) is 2.61. The molecule has 0 saturated carbocycles. The number of aliphatic carboxylic acids is 1. The number of hydrogen-bond acceptors (Lipinski definition) is 2. The zero-order valence-electron chi connectivity index (χ0n) is 11.1. The zero-order valence-corrected chi connectivity index (χ0v) is 11.1. The van der Waals surface area contributed by atoms with Crippen molar-refractivity contribution in [1.82, 2.24) is 5.32 Å². The van der Waals surface area contributed by atoms with E-state index in [0.29, 0.717) is 0 Å². The van der Waals surface area contributed by atoms with Crippen LogP contribution in [0.2, 0.25) is 0 Å². The number of hydrogen-bond donors (Lipinski definition) is 2. The van der Waals surface area contributed by atoms with Gasteiger partial charge < -0.3 is 10.4 Å². The lowest BCUT2D eigenvalue weighted by molar-refractivity contribution is -0.138. The van der Waals surface area contributed by atoms with Crippen LogP contribution in [-0.2, 0) is 16.8 Å². The largest absolute Gasteiger partial charge is 0.481 e. The van der Waals surface area contributed by atoms with E-state index in [2.05, 4.69) is 37.4 Å². The molecule has 3 heteroatoms. The summed E-state index contributed by atoms with van der Waals surface area (Å²) in [5.74, 6) is -0.729. The summed E-state index contributed by atoms with van der Waals surface area (Å²) in [7, 11) is 0. The van der Waals surface area contributed by atoms with Gasteiger partial charge in [0.15, 0.2) is 0 Å². The number of carboxylic acids is 1. The molecule has 0 aliphatic heterocycles. The molecular formula is C15H21NO2. The number of aryl methyl sites for hydroxylation is 2. The third-order valence-corrected chi connectivity index (χ3v) is 3.77. The predicted molar refractivity (Wildman–Crippen MR) is 71.7 cm³/mol. The average Bonchev–Trinajstić information content (AvgIpc) is 2.65. The Morgan fingerprint density at radius 2 is 2.28 bits per heavy atom. The van der Waals surface area contributed by atoms with Gasteiger partial charge in [-0.25, -0.2) is 0 Å². The van der Waals surface area contributed by atoms with Crippen LogP contribution >= 0.6 is 0 Å². The van der Waals surface area contributed by atoms with E-state index in [1.807, 2.05) is 0 Å². The first-order valence-electron chi connectivity index (χ1n) is 6.64. The van der Waals surface area contributed by atoms with Gasteiger partial charge in [0.2, 0.25) is 0 Å². The van der Waals surface area contributed by atoms with Crippen molar-refractivity contribution in [3.63, 3.8) is 0 Å². The topological polar surface area (TPSA) is 49.3 Å². The molecule has 1 aromatic rings. The first kappa shape index (κ1) is 13.1. The van der Waals surface area contributed by atoms with E-state index in [0.717, 1.165) is 25.8 Å². The first-order chi connectivity index (χ1) is 8.57. The summed E-state index contributed by atoms with van der Waals surface area (Å²) in [5.41, 5.74) is 3.33. The molecule has 0 bridgehead atoms. The minimum atomic E-state index is -0.729. The van der Waals surface area contributed by atoms with Crippen molar-refractivity contribution >= 4 is 5.97 Å². The molecule has 1 aromatic carbocycles. The second-order valence-electron chi connectivity index (χ2n) is 5.24. The van der Waals surface area contributed by atoms with Crippen LogP contribution < -0.4 is 5.32 Å². The number of benzene rings is 1. The van der Waals surface area contributed by atoms with Gasteiger partial charge in [0, 0.05) is 0 Å². The van der Waals surface area contributed by atoms with Gasteiger partial charge in [-0.2, -0.15) is 0 Å². The van der Waals surface area contributed by atoms with Crippen molar-refractivity contribution in [3.05, 3.63) is 34.9 Å². The summed E-state index contributed by atoms with van der Waals surface area (Å²) in [6, 6.07) is 6.39.